The third-order valence-corrected chi connectivity index (χ3v) is 9.64. The number of halogens is 2. The van der Waals surface area contributed by atoms with Crippen molar-refractivity contribution in [3.8, 4) is 33.8 Å². The second-order valence-corrected chi connectivity index (χ2v) is 12.8. The third-order valence-electron chi connectivity index (χ3n) is 9.64. The number of allylic oxidation sites excluding steroid dienone is 2. The van der Waals surface area contributed by atoms with E-state index in [-0.39, 0.29) is 23.4 Å². The molecule has 10 heteroatoms. The van der Waals surface area contributed by atoms with Crippen LogP contribution in [0.2, 0.25) is 0 Å². The SMILES string of the molecule is COC(=O)c1ccc(-c2cc(OC)ccc2F)c(C2=C(C)CCC2=O)c1.COC(=O)c1ccc(-c2cc(OC)ccc2F)c(C2C(=O)CCC2C)c1. The van der Waals surface area contributed by atoms with Gasteiger partial charge in [0.05, 0.1) is 39.6 Å². The molecular formula is C42H40F2O8. The Kier molecular flexibility index (Phi) is 11.7. The maximum Gasteiger partial charge on any atom is 0.337 e. The van der Waals surface area contributed by atoms with Gasteiger partial charge in [-0.25, -0.2) is 18.4 Å². The number of hydrogen-bond donors (Lipinski definition) is 0. The van der Waals surface area contributed by atoms with Crippen LogP contribution >= 0.6 is 0 Å². The normalized spacial score (nSPS) is 16.7. The molecule has 0 N–H and O–H groups in total. The molecule has 0 aromatic heterocycles. The summed E-state index contributed by atoms with van der Waals surface area (Å²) >= 11 is 0. The van der Waals surface area contributed by atoms with Gasteiger partial charge in [-0.3, -0.25) is 9.59 Å². The molecule has 2 atom stereocenters. The molecule has 4 aromatic carbocycles. The summed E-state index contributed by atoms with van der Waals surface area (Å²) in [6.45, 7) is 3.89. The maximum absolute atomic E-state index is 14.5. The zero-order valence-electron chi connectivity index (χ0n) is 29.9. The molecule has 4 aromatic rings. The highest BCUT2D eigenvalue weighted by molar-refractivity contribution is 6.25. The molecule has 2 aliphatic carbocycles. The highest BCUT2D eigenvalue weighted by Gasteiger charge is 2.35. The molecule has 0 aliphatic heterocycles. The van der Waals surface area contributed by atoms with E-state index in [1.54, 1.807) is 54.6 Å². The van der Waals surface area contributed by atoms with Gasteiger partial charge in [-0.1, -0.05) is 24.6 Å². The van der Waals surface area contributed by atoms with Crippen LogP contribution in [0.1, 0.15) is 77.3 Å². The summed E-state index contributed by atoms with van der Waals surface area (Å²) in [5.74, 6) is -0.920. The van der Waals surface area contributed by atoms with E-state index < -0.39 is 23.6 Å². The number of methoxy groups -OCH3 is 4. The van der Waals surface area contributed by atoms with Crippen molar-refractivity contribution in [1.82, 2.24) is 0 Å². The molecule has 0 saturated heterocycles. The Labute approximate surface area is 301 Å². The fourth-order valence-corrected chi connectivity index (χ4v) is 6.87. The standard InChI is InChI=1S/C21H21FO4.C21H19FO4/c2*1-12-4-9-19(23)20(12)17-10-13(21(24)26-3)5-7-15(17)16-11-14(25-2)6-8-18(16)22/h5-8,10-12,20H,4,9H2,1-3H3;5-8,10-11H,4,9H2,1-3H3. The van der Waals surface area contributed by atoms with Gasteiger partial charge in [0.25, 0.3) is 0 Å². The van der Waals surface area contributed by atoms with Gasteiger partial charge in [0, 0.05) is 35.5 Å². The summed E-state index contributed by atoms with van der Waals surface area (Å²) < 4.78 is 49.1. The van der Waals surface area contributed by atoms with E-state index in [4.69, 9.17) is 18.9 Å². The van der Waals surface area contributed by atoms with Gasteiger partial charge in [-0.15, -0.1) is 0 Å². The first-order valence-corrected chi connectivity index (χ1v) is 16.8. The summed E-state index contributed by atoms with van der Waals surface area (Å²) in [7, 11) is 5.62. The van der Waals surface area contributed by atoms with Gasteiger partial charge >= 0.3 is 11.9 Å². The molecule has 270 valence electrons. The lowest BCUT2D eigenvalue weighted by molar-refractivity contribution is -0.119. The van der Waals surface area contributed by atoms with Crippen LogP contribution in [-0.4, -0.2) is 51.9 Å². The maximum atomic E-state index is 14.5. The summed E-state index contributed by atoms with van der Waals surface area (Å²) in [6, 6.07) is 18.7. The van der Waals surface area contributed by atoms with Crippen LogP contribution in [0.15, 0.2) is 78.4 Å². The average Bonchev–Trinajstić information content (AvgIpc) is 3.68. The molecule has 0 amide bonds. The minimum Gasteiger partial charge on any atom is -0.497 e. The van der Waals surface area contributed by atoms with E-state index in [0.29, 0.717) is 80.8 Å². The Hall–Kier alpha value is -5.64. The number of benzene rings is 4. The lowest BCUT2D eigenvalue weighted by Gasteiger charge is -2.20. The van der Waals surface area contributed by atoms with Crippen LogP contribution in [-0.2, 0) is 19.1 Å². The quantitative estimate of drug-likeness (QED) is 0.167. The van der Waals surface area contributed by atoms with Gasteiger partial charge in [-0.05, 0) is 109 Å². The van der Waals surface area contributed by atoms with Crippen molar-refractivity contribution in [2.45, 2.75) is 45.4 Å². The fourth-order valence-electron chi connectivity index (χ4n) is 6.87. The predicted octanol–water partition coefficient (Wildman–Crippen LogP) is 8.79. The van der Waals surface area contributed by atoms with Crippen LogP contribution in [0, 0.1) is 17.6 Å². The van der Waals surface area contributed by atoms with Crippen LogP contribution in [0.4, 0.5) is 8.78 Å². The predicted molar refractivity (Wildman–Crippen MR) is 192 cm³/mol. The Balaban J connectivity index is 0.000000201. The van der Waals surface area contributed by atoms with Crippen molar-refractivity contribution in [3.63, 3.8) is 0 Å². The van der Waals surface area contributed by atoms with Gasteiger partial charge < -0.3 is 18.9 Å². The van der Waals surface area contributed by atoms with Crippen molar-refractivity contribution in [2.24, 2.45) is 5.92 Å². The fraction of sp³-hybridized carbons (Fsp3) is 0.286. The second-order valence-electron chi connectivity index (χ2n) is 12.8. The number of esters is 2. The Bertz CT molecular complexity index is 2080. The van der Waals surface area contributed by atoms with Crippen LogP contribution < -0.4 is 9.47 Å². The molecule has 2 unspecified atom stereocenters. The van der Waals surface area contributed by atoms with E-state index in [1.807, 2.05) is 13.8 Å². The van der Waals surface area contributed by atoms with Crippen molar-refractivity contribution >= 4 is 29.1 Å². The van der Waals surface area contributed by atoms with Crippen molar-refractivity contribution in [2.75, 3.05) is 28.4 Å². The molecule has 0 spiro atoms. The summed E-state index contributed by atoms with van der Waals surface area (Å²) in [4.78, 5) is 48.8. The van der Waals surface area contributed by atoms with Crippen LogP contribution in [0.3, 0.4) is 0 Å². The van der Waals surface area contributed by atoms with Gasteiger partial charge in [-0.2, -0.15) is 0 Å². The number of ketones is 2. The molecular weight excluding hydrogens is 670 g/mol. The molecule has 2 aliphatic rings. The molecule has 1 fully saturated rings. The first-order valence-electron chi connectivity index (χ1n) is 16.8. The lowest BCUT2D eigenvalue weighted by atomic mass is 9.83. The topological polar surface area (TPSA) is 105 Å². The number of carbonyl (C=O) groups excluding carboxylic acids is 4. The Morgan fingerprint density at radius 2 is 1.17 bits per heavy atom. The molecule has 52 heavy (non-hydrogen) atoms. The number of ether oxygens (including phenoxy) is 4. The van der Waals surface area contributed by atoms with Gasteiger partial charge in [0.15, 0.2) is 5.78 Å². The summed E-state index contributed by atoms with van der Waals surface area (Å²) in [6.07, 6.45) is 2.36. The molecule has 1 saturated carbocycles. The van der Waals surface area contributed by atoms with E-state index in [9.17, 15) is 28.0 Å². The van der Waals surface area contributed by atoms with Crippen LogP contribution in [0.5, 0.6) is 11.5 Å². The second kappa shape index (κ2) is 16.1. The molecule has 0 bridgehead atoms. The Morgan fingerprint density at radius 3 is 1.65 bits per heavy atom. The zero-order chi connectivity index (χ0) is 37.7. The van der Waals surface area contributed by atoms with Crippen LogP contribution in [0.25, 0.3) is 27.8 Å². The van der Waals surface area contributed by atoms with Gasteiger partial charge in [0.2, 0.25) is 0 Å². The summed E-state index contributed by atoms with van der Waals surface area (Å²) in [5.41, 5.74) is 5.15. The number of rotatable bonds is 8. The van der Waals surface area contributed by atoms with Gasteiger partial charge in [0.1, 0.15) is 28.9 Å². The number of Topliss-reactive ketones (excluding diaryl/α,β-unsaturated/α-hetero) is 2. The Morgan fingerprint density at radius 1 is 0.635 bits per heavy atom. The average molecular weight is 711 g/mol. The molecule has 0 heterocycles. The van der Waals surface area contributed by atoms with Crippen molar-refractivity contribution < 1.29 is 46.9 Å². The van der Waals surface area contributed by atoms with E-state index in [2.05, 4.69) is 0 Å². The van der Waals surface area contributed by atoms with E-state index in [1.165, 1.54) is 46.6 Å². The monoisotopic (exact) mass is 710 g/mol. The number of hydrogen-bond acceptors (Lipinski definition) is 8. The van der Waals surface area contributed by atoms with Crippen molar-refractivity contribution in [1.29, 1.82) is 0 Å². The van der Waals surface area contributed by atoms with Crippen molar-refractivity contribution in [3.05, 3.63) is 112 Å². The minimum absolute atomic E-state index is 0.00549. The number of carbonyl (C=O) groups is 4. The molecule has 6 rings (SSSR count). The first-order chi connectivity index (χ1) is 24.9. The minimum atomic E-state index is -0.507. The highest BCUT2D eigenvalue weighted by atomic mass is 19.1. The van der Waals surface area contributed by atoms with E-state index >= 15 is 0 Å². The molecule has 0 radical (unpaired) electrons. The lowest BCUT2D eigenvalue weighted by Crippen LogP contribution is -2.13. The highest BCUT2D eigenvalue weighted by Crippen LogP contribution is 2.43. The first kappa shape index (κ1) is 37.6. The smallest absolute Gasteiger partial charge is 0.337 e. The zero-order valence-corrected chi connectivity index (χ0v) is 29.9. The third kappa shape index (κ3) is 7.66. The van der Waals surface area contributed by atoms with E-state index in [0.717, 1.165) is 12.0 Å². The largest absolute Gasteiger partial charge is 0.497 e. The molecule has 8 nitrogen and oxygen atoms in total. The summed E-state index contributed by atoms with van der Waals surface area (Å²) in [5, 5.41) is 0.